The van der Waals surface area contributed by atoms with Gasteiger partial charge in [-0.15, -0.1) is 0 Å². The normalized spacial score (nSPS) is 17.6. The Morgan fingerprint density at radius 2 is 1.69 bits per heavy atom. The van der Waals surface area contributed by atoms with E-state index in [4.69, 9.17) is 9.47 Å². The van der Waals surface area contributed by atoms with Gasteiger partial charge in [0.05, 0.1) is 5.92 Å². The molecule has 1 aliphatic carbocycles. The fraction of sp³-hybridized carbons (Fsp3) is 0.276. The molecule has 0 N–H and O–H groups in total. The van der Waals surface area contributed by atoms with E-state index in [-0.39, 0.29) is 17.3 Å². The predicted octanol–water partition coefficient (Wildman–Crippen LogP) is 7.52. The van der Waals surface area contributed by atoms with Crippen LogP contribution in [0.4, 0.5) is 13.2 Å². The second-order valence-corrected chi connectivity index (χ2v) is 8.86. The first-order valence-electron chi connectivity index (χ1n) is 11.7. The maximum Gasteiger partial charge on any atom is 0.314 e. The monoisotopic (exact) mass is 480 g/mol. The molecule has 0 heterocycles. The number of ether oxygens (including phenoxy) is 2. The van der Waals surface area contributed by atoms with Crippen LogP contribution >= 0.6 is 0 Å². The molecule has 35 heavy (non-hydrogen) atoms. The molecule has 1 aliphatic rings. The van der Waals surface area contributed by atoms with Gasteiger partial charge in [0, 0.05) is 11.6 Å². The van der Waals surface area contributed by atoms with Gasteiger partial charge in [0.25, 0.3) is 0 Å². The molecule has 0 radical (unpaired) electrons. The summed E-state index contributed by atoms with van der Waals surface area (Å²) in [6, 6.07) is 14.5. The minimum absolute atomic E-state index is 0.0320. The number of hydrogen-bond acceptors (Lipinski definition) is 3. The molecule has 0 unspecified atom stereocenters. The van der Waals surface area contributed by atoms with Crippen molar-refractivity contribution in [2.75, 3.05) is 6.61 Å². The molecule has 0 amide bonds. The highest BCUT2D eigenvalue weighted by Gasteiger charge is 2.30. The summed E-state index contributed by atoms with van der Waals surface area (Å²) < 4.78 is 54.6. The van der Waals surface area contributed by atoms with Crippen LogP contribution in [0.1, 0.15) is 42.7 Å². The van der Waals surface area contributed by atoms with Crippen molar-refractivity contribution in [1.82, 2.24) is 0 Å². The summed E-state index contributed by atoms with van der Waals surface area (Å²) in [5.41, 5.74) is 2.23. The smallest absolute Gasteiger partial charge is 0.314 e. The Bertz CT molecular complexity index is 1210. The average Bonchev–Trinajstić information content (AvgIpc) is 2.86. The van der Waals surface area contributed by atoms with Crippen molar-refractivity contribution in [3.8, 4) is 22.6 Å². The molecule has 3 aromatic carbocycles. The lowest BCUT2D eigenvalue weighted by Crippen LogP contribution is -2.25. The van der Waals surface area contributed by atoms with Crippen LogP contribution in [0.15, 0.2) is 67.3 Å². The van der Waals surface area contributed by atoms with Crippen LogP contribution in [-0.4, -0.2) is 12.6 Å². The van der Waals surface area contributed by atoms with E-state index in [1.165, 1.54) is 18.2 Å². The molecule has 6 heteroatoms. The lowest BCUT2D eigenvalue weighted by molar-refractivity contribution is -0.140. The molecule has 1 fully saturated rings. The molecular formula is C29H27F3O3. The molecule has 0 aromatic heterocycles. The molecule has 4 rings (SSSR count). The Balaban J connectivity index is 1.38. The van der Waals surface area contributed by atoms with Crippen LogP contribution in [0.3, 0.4) is 0 Å². The Hall–Kier alpha value is -3.54. The number of carbonyl (C=O) groups excluding carboxylic acids is 1. The summed E-state index contributed by atoms with van der Waals surface area (Å²) in [6.07, 6.45) is 3.72. The van der Waals surface area contributed by atoms with E-state index < -0.39 is 29.3 Å². The van der Waals surface area contributed by atoms with Gasteiger partial charge in [0.1, 0.15) is 18.2 Å². The number of halogens is 3. The fourth-order valence-electron chi connectivity index (χ4n) is 4.48. The van der Waals surface area contributed by atoms with Gasteiger partial charge in [0.15, 0.2) is 11.6 Å². The number of esters is 1. The Labute approximate surface area is 203 Å². The first kappa shape index (κ1) is 24.6. The van der Waals surface area contributed by atoms with E-state index in [0.29, 0.717) is 49.2 Å². The topological polar surface area (TPSA) is 35.5 Å². The fourth-order valence-corrected chi connectivity index (χ4v) is 4.48. The zero-order valence-electron chi connectivity index (χ0n) is 19.5. The molecule has 182 valence electrons. The van der Waals surface area contributed by atoms with Crippen molar-refractivity contribution >= 4 is 5.97 Å². The van der Waals surface area contributed by atoms with Crippen LogP contribution in [0.25, 0.3) is 11.1 Å². The van der Waals surface area contributed by atoms with Crippen molar-refractivity contribution in [3.63, 3.8) is 0 Å². The Kier molecular flexibility index (Phi) is 7.59. The summed E-state index contributed by atoms with van der Waals surface area (Å²) in [6.45, 7) is 5.77. The first-order valence-corrected chi connectivity index (χ1v) is 11.7. The van der Waals surface area contributed by atoms with Crippen LogP contribution in [0.5, 0.6) is 11.5 Å². The molecule has 1 saturated carbocycles. The first-order chi connectivity index (χ1) is 16.9. The third-order valence-corrected chi connectivity index (χ3v) is 6.46. The van der Waals surface area contributed by atoms with E-state index >= 15 is 0 Å². The summed E-state index contributed by atoms with van der Waals surface area (Å²) in [5, 5.41) is 0. The van der Waals surface area contributed by atoms with E-state index in [2.05, 4.69) is 6.58 Å². The van der Waals surface area contributed by atoms with E-state index in [0.717, 1.165) is 5.56 Å². The van der Waals surface area contributed by atoms with Gasteiger partial charge in [-0.05, 0) is 67.9 Å². The maximum absolute atomic E-state index is 14.7. The summed E-state index contributed by atoms with van der Waals surface area (Å²) in [5.74, 6) is -3.66. The van der Waals surface area contributed by atoms with Gasteiger partial charge < -0.3 is 9.47 Å². The van der Waals surface area contributed by atoms with E-state index in [9.17, 15) is 18.0 Å². The second-order valence-electron chi connectivity index (χ2n) is 8.86. The van der Waals surface area contributed by atoms with Crippen LogP contribution in [0, 0.1) is 30.3 Å². The van der Waals surface area contributed by atoms with Crippen molar-refractivity contribution in [2.45, 2.75) is 38.5 Å². The third-order valence-electron chi connectivity index (χ3n) is 6.46. The summed E-state index contributed by atoms with van der Waals surface area (Å²) >= 11 is 0. The van der Waals surface area contributed by atoms with Crippen molar-refractivity contribution in [3.05, 3.63) is 95.8 Å². The molecule has 0 saturated heterocycles. The van der Waals surface area contributed by atoms with E-state index in [1.807, 2.05) is 19.1 Å². The third kappa shape index (κ3) is 5.59. The predicted molar refractivity (Wildman–Crippen MR) is 129 cm³/mol. The average molecular weight is 481 g/mol. The van der Waals surface area contributed by atoms with Crippen LogP contribution in [0.2, 0.25) is 0 Å². The van der Waals surface area contributed by atoms with Crippen LogP contribution < -0.4 is 9.47 Å². The number of hydrogen-bond donors (Lipinski definition) is 0. The van der Waals surface area contributed by atoms with Gasteiger partial charge >= 0.3 is 5.97 Å². The summed E-state index contributed by atoms with van der Waals surface area (Å²) in [7, 11) is 0. The largest absolute Gasteiger partial charge is 0.489 e. The molecular weight excluding hydrogens is 453 g/mol. The standard InChI is InChI=1S/C29H27F3O3/c1-3-16-34-22-12-13-23(25(30)17-22)19-8-10-21(11-9-19)29(33)35-26-15-14-24(27(31)28(26)32)20-6-4-18(2)5-7-20/h3-7,12-15,17,19,21H,1,8-11,16H2,2H3. The van der Waals surface area contributed by atoms with Crippen LogP contribution in [-0.2, 0) is 4.79 Å². The van der Waals surface area contributed by atoms with Gasteiger partial charge in [0.2, 0.25) is 5.82 Å². The molecule has 0 bridgehead atoms. The highest BCUT2D eigenvalue weighted by Crippen LogP contribution is 2.39. The number of aryl methyl sites for hydroxylation is 1. The maximum atomic E-state index is 14.7. The minimum Gasteiger partial charge on any atom is -0.489 e. The highest BCUT2D eigenvalue weighted by molar-refractivity contribution is 5.76. The molecule has 3 nitrogen and oxygen atoms in total. The number of rotatable bonds is 7. The molecule has 0 spiro atoms. The second kappa shape index (κ2) is 10.8. The lowest BCUT2D eigenvalue weighted by atomic mass is 9.78. The molecule has 0 atom stereocenters. The van der Waals surface area contributed by atoms with Crippen molar-refractivity contribution < 1.29 is 27.4 Å². The zero-order valence-corrected chi connectivity index (χ0v) is 19.5. The van der Waals surface area contributed by atoms with Crippen molar-refractivity contribution in [2.24, 2.45) is 5.92 Å². The molecule has 0 aliphatic heterocycles. The SMILES string of the molecule is C=CCOc1ccc(C2CCC(C(=O)Oc3ccc(-c4ccc(C)cc4)c(F)c3F)CC2)c(F)c1. The summed E-state index contributed by atoms with van der Waals surface area (Å²) in [4.78, 5) is 12.7. The van der Waals surface area contributed by atoms with Crippen molar-refractivity contribution in [1.29, 1.82) is 0 Å². The number of carbonyl (C=O) groups is 1. The Morgan fingerprint density at radius 3 is 2.34 bits per heavy atom. The number of benzene rings is 3. The quantitative estimate of drug-likeness (QED) is 0.199. The highest BCUT2D eigenvalue weighted by atomic mass is 19.2. The molecule has 3 aromatic rings. The van der Waals surface area contributed by atoms with Gasteiger partial charge in [-0.2, -0.15) is 4.39 Å². The Morgan fingerprint density at radius 1 is 0.971 bits per heavy atom. The van der Waals surface area contributed by atoms with Gasteiger partial charge in [-0.3, -0.25) is 4.79 Å². The lowest BCUT2D eigenvalue weighted by Gasteiger charge is -2.28. The van der Waals surface area contributed by atoms with Gasteiger partial charge in [-0.1, -0.05) is 48.6 Å². The van der Waals surface area contributed by atoms with Gasteiger partial charge in [-0.25, -0.2) is 8.78 Å². The minimum atomic E-state index is -1.19. The van der Waals surface area contributed by atoms with E-state index in [1.54, 1.807) is 30.3 Å². The zero-order chi connectivity index (χ0) is 24.9.